The van der Waals surface area contributed by atoms with E-state index in [9.17, 15) is 22.8 Å². The van der Waals surface area contributed by atoms with Gasteiger partial charge in [0.2, 0.25) is 0 Å². The zero-order chi connectivity index (χ0) is 19.1. The van der Waals surface area contributed by atoms with E-state index in [1.165, 1.54) is 18.2 Å². The summed E-state index contributed by atoms with van der Waals surface area (Å²) >= 11 is 6.82. The Hall–Kier alpha value is -2.65. The molecular weight excluding hydrogens is 393 g/mol. The number of aromatic nitrogens is 1. The van der Waals surface area contributed by atoms with Crippen LogP contribution in [0.3, 0.4) is 0 Å². The van der Waals surface area contributed by atoms with Gasteiger partial charge in [0, 0.05) is 0 Å². The molecule has 0 aliphatic carbocycles. The standard InChI is InChI=1S/C16H8ClF3N2O3S/c17-10-6-8(16(18,19)20)2-3-9(10)13(23)22-15-21-11-4-1-7(14(24)25)5-12(11)26-15/h1-6H,(H,24,25)(H,21,22,23). The molecule has 1 aromatic heterocycles. The Morgan fingerprint density at radius 3 is 2.50 bits per heavy atom. The minimum absolute atomic E-state index is 0.0739. The van der Waals surface area contributed by atoms with E-state index in [0.717, 1.165) is 23.5 Å². The first-order chi connectivity index (χ1) is 12.1. The van der Waals surface area contributed by atoms with Crippen molar-refractivity contribution in [1.29, 1.82) is 0 Å². The van der Waals surface area contributed by atoms with Crippen molar-refractivity contribution in [3.8, 4) is 0 Å². The first-order valence-electron chi connectivity index (χ1n) is 6.97. The molecule has 26 heavy (non-hydrogen) atoms. The van der Waals surface area contributed by atoms with Crippen LogP contribution in [-0.2, 0) is 6.18 Å². The van der Waals surface area contributed by atoms with E-state index in [1.807, 2.05) is 0 Å². The van der Waals surface area contributed by atoms with Crippen molar-refractivity contribution in [3.05, 3.63) is 58.1 Å². The summed E-state index contributed by atoms with van der Waals surface area (Å²) in [6.07, 6.45) is -4.56. The first-order valence-corrected chi connectivity index (χ1v) is 8.16. The number of fused-ring (bicyclic) bond motifs is 1. The number of anilines is 1. The molecule has 2 aromatic carbocycles. The average molecular weight is 401 g/mol. The highest BCUT2D eigenvalue weighted by Gasteiger charge is 2.31. The average Bonchev–Trinajstić information content (AvgIpc) is 2.94. The third-order valence-electron chi connectivity index (χ3n) is 3.40. The largest absolute Gasteiger partial charge is 0.478 e. The molecule has 3 aromatic rings. The molecule has 0 aliphatic heterocycles. The van der Waals surface area contributed by atoms with Gasteiger partial charge in [-0.05, 0) is 36.4 Å². The van der Waals surface area contributed by atoms with Crippen LogP contribution in [0.5, 0.6) is 0 Å². The Labute approximate surface area is 153 Å². The van der Waals surface area contributed by atoms with E-state index in [4.69, 9.17) is 16.7 Å². The van der Waals surface area contributed by atoms with Crippen molar-refractivity contribution < 1.29 is 27.9 Å². The van der Waals surface area contributed by atoms with Crippen molar-refractivity contribution >= 4 is 50.2 Å². The second kappa shape index (κ2) is 6.58. The normalized spacial score (nSPS) is 11.5. The predicted molar refractivity (Wildman–Crippen MR) is 91.0 cm³/mol. The van der Waals surface area contributed by atoms with Crippen molar-refractivity contribution in [3.63, 3.8) is 0 Å². The van der Waals surface area contributed by atoms with Crippen LogP contribution in [0.2, 0.25) is 5.02 Å². The lowest BCUT2D eigenvalue weighted by molar-refractivity contribution is -0.137. The van der Waals surface area contributed by atoms with Crippen LogP contribution in [-0.4, -0.2) is 22.0 Å². The van der Waals surface area contributed by atoms with Gasteiger partial charge in [0.15, 0.2) is 5.13 Å². The van der Waals surface area contributed by atoms with Gasteiger partial charge in [-0.1, -0.05) is 22.9 Å². The van der Waals surface area contributed by atoms with Gasteiger partial charge in [0.05, 0.1) is 31.9 Å². The zero-order valence-corrected chi connectivity index (χ0v) is 14.2. The van der Waals surface area contributed by atoms with Gasteiger partial charge in [-0.25, -0.2) is 9.78 Å². The summed E-state index contributed by atoms with van der Waals surface area (Å²) in [5, 5.41) is 11.3. The summed E-state index contributed by atoms with van der Waals surface area (Å²) in [6.45, 7) is 0. The van der Waals surface area contributed by atoms with Crippen LogP contribution in [0.4, 0.5) is 18.3 Å². The molecule has 0 radical (unpaired) electrons. The number of hydrogen-bond acceptors (Lipinski definition) is 4. The Bertz CT molecular complexity index is 1030. The number of amides is 1. The molecule has 3 rings (SSSR count). The van der Waals surface area contributed by atoms with Crippen LogP contribution >= 0.6 is 22.9 Å². The number of carboxylic acid groups (broad SMARTS) is 1. The van der Waals surface area contributed by atoms with Gasteiger partial charge < -0.3 is 5.11 Å². The summed E-state index contributed by atoms with van der Waals surface area (Å²) in [6, 6.07) is 6.71. The maximum Gasteiger partial charge on any atom is 0.416 e. The predicted octanol–water partition coefficient (Wildman–Crippen LogP) is 4.92. The van der Waals surface area contributed by atoms with E-state index in [0.29, 0.717) is 16.3 Å². The van der Waals surface area contributed by atoms with Crippen molar-refractivity contribution in [2.75, 3.05) is 5.32 Å². The molecule has 0 saturated carbocycles. The number of halogens is 4. The van der Waals surface area contributed by atoms with Crippen LogP contribution < -0.4 is 5.32 Å². The molecule has 0 unspecified atom stereocenters. The number of rotatable bonds is 3. The highest BCUT2D eigenvalue weighted by Crippen LogP contribution is 2.33. The minimum Gasteiger partial charge on any atom is -0.478 e. The number of alkyl halides is 3. The smallest absolute Gasteiger partial charge is 0.416 e. The molecule has 0 bridgehead atoms. The second-order valence-corrected chi connectivity index (χ2v) is 6.59. The summed E-state index contributed by atoms with van der Waals surface area (Å²) in [4.78, 5) is 27.3. The number of benzene rings is 2. The fourth-order valence-corrected chi connectivity index (χ4v) is 3.32. The van der Waals surface area contributed by atoms with Crippen molar-refractivity contribution in [1.82, 2.24) is 4.98 Å². The third-order valence-corrected chi connectivity index (χ3v) is 4.64. The number of nitrogens with zero attached hydrogens (tertiary/aromatic N) is 1. The highest BCUT2D eigenvalue weighted by molar-refractivity contribution is 7.22. The third kappa shape index (κ3) is 3.63. The number of thiazole rings is 1. The Kier molecular flexibility index (Phi) is 4.59. The van der Waals surface area contributed by atoms with Gasteiger partial charge >= 0.3 is 12.1 Å². The second-order valence-electron chi connectivity index (χ2n) is 5.15. The molecular formula is C16H8ClF3N2O3S. The summed E-state index contributed by atoms with van der Waals surface area (Å²) in [7, 11) is 0. The van der Waals surface area contributed by atoms with Gasteiger partial charge in [-0.3, -0.25) is 10.1 Å². The number of carbonyl (C=O) groups excluding carboxylic acids is 1. The molecule has 10 heteroatoms. The Morgan fingerprint density at radius 2 is 1.88 bits per heavy atom. The Balaban J connectivity index is 1.86. The fourth-order valence-electron chi connectivity index (χ4n) is 2.15. The molecule has 0 aliphatic rings. The Morgan fingerprint density at radius 1 is 1.15 bits per heavy atom. The maximum atomic E-state index is 12.6. The fraction of sp³-hybridized carbons (Fsp3) is 0.0625. The summed E-state index contributed by atoms with van der Waals surface area (Å²) < 4.78 is 38.5. The number of carbonyl (C=O) groups is 2. The van der Waals surface area contributed by atoms with E-state index in [-0.39, 0.29) is 21.3 Å². The molecule has 0 saturated heterocycles. The number of carboxylic acids is 1. The van der Waals surface area contributed by atoms with Gasteiger partial charge in [0.1, 0.15) is 0 Å². The molecule has 1 amide bonds. The molecule has 134 valence electrons. The number of nitrogens with one attached hydrogen (secondary N) is 1. The number of hydrogen-bond donors (Lipinski definition) is 2. The lowest BCUT2D eigenvalue weighted by Gasteiger charge is -2.09. The van der Waals surface area contributed by atoms with Crippen molar-refractivity contribution in [2.45, 2.75) is 6.18 Å². The lowest BCUT2D eigenvalue weighted by Crippen LogP contribution is -2.13. The molecule has 0 atom stereocenters. The van der Waals surface area contributed by atoms with Crippen molar-refractivity contribution in [2.24, 2.45) is 0 Å². The number of aromatic carboxylic acids is 1. The monoisotopic (exact) mass is 400 g/mol. The van der Waals surface area contributed by atoms with E-state index in [1.54, 1.807) is 0 Å². The zero-order valence-electron chi connectivity index (χ0n) is 12.6. The molecule has 0 fully saturated rings. The quantitative estimate of drug-likeness (QED) is 0.654. The maximum absolute atomic E-state index is 12.6. The molecule has 1 heterocycles. The van der Waals surface area contributed by atoms with Gasteiger partial charge in [0.25, 0.3) is 5.91 Å². The lowest BCUT2D eigenvalue weighted by atomic mass is 10.1. The highest BCUT2D eigenvalue weighted by atomic mass is 35.5. The molecule has 5 nitrogen and oxygen atoms in total. The molecule has 2 N–H and O–H groups in total. The minimum atomic E-state index is -4.56. The summed E-state index contributed by atoms with van der Waals surface area (Å²) in [5.41, 5.74) is -0.538. The first kappa shape index (κ1) is 18.2. The summed E-state index contributed by atoms with van der Waals surface area (Å²) in [5.74, 6) is -1.82. The topological polar surface area (TPSA) is 79.3 Å². The van der Waals surface area contributed by atoms with Crippen LogP contribution in [0.25, 0.3) is 10.2 Å². The van der Waals surface area contributed by atoms with Gasteiger partial charge in [-0.2, -0.15) is 13.2 Å². The van der Waals surface area contributed by atoms with E-state index < -0.39 is 23.6 Å². The molecule has 0 spiro atoms. The van der Waals surface area contributed by atoms with Crippen LogP contribution in [0.15, 0.2) is 36.4 Å². The SMILES string of the molecule is O=C(O)c1ccc2nc(NC(=O)c3ccc(C(F)(F)F)cc3Cl)sc2c1. The van der Waals surface area contributed by atoms with E-state index >= 15 is 0 Å². The van der Waals surface area contributed by atoms with E-state index in [2.05, 4.69) is 10.3 Å². The van der Waals surface area contributed by atoms with Crippen LogP contribution in [0, 0.1) is 0 Å². The van der Waals surface area contributed by atoms with Gasteiger partial charge in [-0.15, -0.1) is 0 Å². The van der Waals surface area contributed by atoms with Crippen LogP contribution in [0.1, 0.15) is 26.3 Å².